The molecule has 12 heavy (non-hydrogen) atoms. The van der Waals surface area contributed by atoms with Gasteiger partial charge >= 0.3 is 0 Å². The van der Waals surface area contributed by atoms with Crippen LogP contribution in [0.4, 0.5) is 5.69 Å². The number of rotatable bonds is 2. The van der Waals surface area contributed by atoms with Gasteiger partial charge in [-0.2, -0.15) is 0 Å². The lowest BCUT2D eigenvalue weighted by Gasteiger charge is -2.04. The van der Waals surface area contributed by atoms with Gasteiger partial charge < -0.3 is 10.5 Å². The Kier molecular flexibility index (Phi) is 2.55. The Morgan fingerprint density at radius 2 is 2.25 bits per heavy atom. The summed E-state index contributed by atoms with van der Waals surface area (Å²) in [6.45, 7) is 0. The highest BCUT2D eigenvalue weighted by Gasteiger charge is 2.08. The molecule has 0 unspecified atom stereocenters. The number of hydrogen-bond donors (Lipinski definition) is 1. The van der Waals surface area contributed by atoms with E-state index in [1.807, 2.05) is 0 Å². The van der Waals surface area contributed by atoms with Crippen LogP contribution in [0.1, 0.15) is 10.4 Å². The zero-order valence-electron chi connectivity index (χ0n) is 6.50. The molecule has 0 radical (unpaired) electrons. The summed E-state index contributed by atoms with van der Waals surface area (Å²) < 4.78 is 4.90. The molecule has 0 spiro atoms. The van der Waals surface area contributed by atoms with Crippen LogP contribution in [0.5, 0.6) is 5.75 Å². The molecule has 4 heteroatoms. The first-order chi connectivity index (χ1) is 5.65. The van der Waals surface area contributed by atoms with E-state index in [4.69, 9.17) is 22.1 Å². The molecule has 0 fully saturated rings. The van der Waals surface area contributed by atoms with Crippen molar-refractivity contribution < 1.29 is 9.53 Å². The van der Waals surface area contributed by atoms with Crippen LogP contribution in [-0.2, 0) is 0 Å². The molecular weight excluding hydrogens is 178 g/mol. The van der Waals surface area contributed by atoms with E-state index in [1.54, 1.807) is 12.1 Å². The summed E-state index contributed by atoms with van der Waals surface area (Å²) in [6.07, 6.45) is 0. The van der Waals surface area contributed by atoms with Crippen molar-refractivity contribution in [2.24, 2.45) is 0 Å². The van der Waals surface area contributed by atoms with E-state index in [0.717, 1.165) is 0 Å². The standard InChI is InChI=1S/C8H8ClNO2/c1-12-7-3-2-5(10)4-6(7)8(9)11/h2-4H,10H2,1H3. The fraction of sp³-hybridized carbons (Fsp3) is 0.125. The molecule has 0 aliphatic carbocycles. The maximum atomic E-state index is 10.8. The third-order valence-corrected chi connectivity index (χ3v) is 1.64. The third kappa shape index (κ3) is 1.68. The lowest BCUT2D eigenvalue weighted by atomic mass is 10.2. The average molecular weight is 186 g/mol. The number of nitrogen functional groups attached to an aromatic ring is 1. The first kappa shape index (κ1) is 8.87. The molecule has 1 aromatic rings. The minimum absolute atomic E-state index is 0.291. The minimum Gasteiger partial charge on any atom is -0.496 e. The fourth-order valence-corrected chi connectivity index (χ4v) is 1.03. The number of ether oxygens (including phenoxy) is 1. The maximum absolute atomic E-state index is 10.8. The molecule has 0 saturated carbocycles. The molecular formula is C8H8ClNO2. The highest BCUT2D eigenvalue weighted by molar-refractivity contribution is 6.68. The lowest BCUT2D eigenvalue weighted by molar-refractivity contribution is 0.107. The molecule has 0 aromatic heterocycles. The van der Waals surface area contributed by atoms with E-state index in [0.29, 0.717) is 17.0 Å². The molecule has 2 N–H and O–H groups in total. The Morgan fingerprint density at radius 1 is 1.58 bits per heavy atom. The van der Waals surface area contributed by atoms with Crippen molar-refractivity contribution >= 4 is 22.5 Å². The van der Waals surface area contributed by atoms with Crippen LogP contribution in [0.15, 0.2) is 18.2 Å². The van der Waals surface area contributed by atoms with Gasteiger partial charge in [0.2, 0.25) is 0 Å². The van der Waals surface area contributed by atoms with Crippen molar-refractivity contribution in [3.05, 3.63) is 23.8 Å². The number of carbonyl (C=O) groups excluding carboxylic acids is 1. The van der Waals surface area contributed by atoms with Gasteiger partial charge in [-0.15, -0.1) is 0 Å². The smallest absolute Gasteiger partial charge is 0.256 e. The average Bonchev–Trinajstić information content (AvgIpc) is 2.04. The Hall–Kier alpha value is -1.22. The molecule has 3 nitrogen and oxygen atoms in total. The van der Waals surface area contributed by atoms with Crippen molar-refractivity contribution in [3.8, 4) is 5.75 Å². The Labute approximate surface area is 75.1 Å². The Balaban J connectivity index is 3.21. The first-order valence-electron chi connectivity index (χ1n) is 3.28. The molecule has 0 aliphatic rings. The quantitative estimate of drug-likeness (QED) is 0.563. The number of methoxy groups -OCH3 is 1. The van der Waals surface area contributed by atoms with Gasteiger partial charge in [0.1, 0.15) is 5.75 Å². The SMILES string of the molecule is COc1ccc(N)cc1C(=O)Cl. The second-order valence-corrected chi connectivity index (χ2v) is 2.58. The second kappa shape index (κ2) is 3.45. The summed E-state index contributed by atoms with van der Waals surface area (Å²) in [5.41, 5.74) is 6.23. The zero-order valence-corrected chi connectivity index (χ0v) is 7.26. The summed E-state index contributed by atoms with van der Waals surface area (Å²) >= 11 is 5.28. The van der Waals surface area contributed by atoms with Crippen molar-refractivity contribution in [1.29, 1.82) is 0 Å². The van der Waals surface area contributed by atoms with E-state index in [2.05, 4.69) is 0 Å². The second-order valence-electron chi connectivity index (χ2n) is 2.23. The highest BCUT2D eigenvalue weighted by Crippen LogP contribution is 2.22. The van der Waals surface area contributed by atoms with Crippen LogP contribution >= 0.6 is 11.6 Å². The normalized spacial score (nSPS) is 9.50. The van der Waals surface area contributed by atoms with Crippen molar-refractivity contribution in [2.75, 3.05) is 12.8 Å². The van der Waals surface area contributed by atoms with Gasteiger partial charge in [0.25, 0.3) is 5.24 Å². The topological polar surface area (TPSA) is 52.3 Å². The molecule has 1 aromatic carbocycles. The monoisotopic (exact) mass is 185 g/mol. The van der Waals surface area contributed by atoms with Crippen LogP contribution in [0, 0.1) is 0 Å². The van der Waals surface area contributed by atoms with Crippen molar-refractivity contribution in [1.82, 2.24) is 0 Å². The van der Waals surface area contributed by atoms with Gasteiger partial charge in [0.15, 0.2) is 0 Å². The first-order valence-corrected chi connectivity index (χ1v) is 3.66. The van der Waals surface area contributed by atoms with Gasteiger partial charge in [0, 0.05) is 5.69 Å². The molecule has 0 aliphatic heterocycles. The predicted octanol–water partition coefficient (Wildman–Crippen LogP) is 1.66. The van der Waals surface area contributed by atoms with Gasteiger partial charge in [0.05, 0.1) is 12.7 Å². The number of hydrogen-bond acceptors (Lipinski definition) is 3. The Bertz CT molecular complexity index is 312. The van der Waals surface area contributed by atoms with Crippen LogP contribution in [0.25, 0.3) is 0 Å². The van der Waals surface area contributed by atoms with E-state index >= 15 is 0 Å². The molecule has 0 heterocycles. The number of anilines is 1. The Morgan fingerprint density at radius 3 is 2.75 bits per heavy atom. The minimum atomic E-state index is -0.570. The van der Waals surface area contributed by atoms with E-state index in [9.17, 15) is 4.79 Å². The summed E-state index contributed by atoms with van der Waals surface area (Å²) in [4.78, 5) is 10.8. The third-order valence-electron chi connectivity index (χ3n) is 1.44. The van der Waals surface area contributed by atoms with Gasteiger partial charge in [-0.05, 0) is 29.8 Å². The summed E-state index contributed by atoms with van der Waals surface area (Å²) in [6, 6.07) is 4.72. The van der Waals surface area contributed by atoms with E-state index in [1.165, 1.54) is 13.2 Å². The van der Waals surface area contributed by atoms with Crippen molar-refractivity contribution in [3.63, 3.8) is 0 Å². The summed E-state index contributed by atoms with van der Waals surface area (Å²) in [5, 5.41) is -0.570. The molecule has 0 bridgehead atoms. The van der Waals surface area contributed by atoms with E-state index in [-0.39, 0.29) is 0 Å². The fourth-order valence-electron chi connectivity index (χ4n) is 0.879. The molecule has 64 valence electrons. The zero-order chi connectivity index (χ0) is 9.14. The van der Waals surface area contributed by atoms with Crippen LogP contribution in [0.2, 0.25) is 0 Å². The summed E-state index contributed by atoms with van der Waals surface area (Å²) in [7, 11) is 1.47. The number of nitrogens with two attached hydrogens (primary N) is 1. The van der Waals surface area contributed by atoms with Crippen LogP contribution in [-0.4, -0.2) is 12.4 Å². The summed E-state index contributed by atoms with van der Waals surface area (Å²) in [5.74, 6) is 0.434. The molecule has 0 saturated heterocycles. The van der Waals surface area contributed by atoms with Gasteiger partial charge in [-0.3, -0.25) is 4.79 Å². The maximum Gasteiger partial charge on any atom is 0.256 e. The molecule has 0 atom stereocenters. The number of carbonyl (C=O) groups is 1. The molecule has 1 rings (SSSR count). The largest absolute Gasteiger partial charge is 0.496 e. The van der Waals surface area contributed by atoms with E-state index < -0.39 is 5.24 Å². The number of halogens is 1. The van der Waals surface area contributed by atoms with Crippen molar-refractivity contribution in [2.45, 2.75) is 0 Å². The molecule has 0 amide bonds. The van der Waals surface area contributed by atoms with Gasteiger partial charge in [-0.25, -0.2) is 0 Å². The van der Waals surface area contributed by atoms with Gasteiger partial charge in [-0.1, -0.05) is 0 Å². The lowest BCUT2D eigenvalue weighted by Crippen LogP contribution is -1.97. The van der Waals surface area contributed by atoms with Crippen LogP contribution < -0.4 is 10.5 Å². The predicted molar refractivity (Wildman–Crippen MR) is 47.6 cm³/mol. The van der Waals surface area contributed by atoms with Crippen LogP contribution in [0.3, 0.4) is 0 Å². The number of benzene rings is 1. The highest BCUT2D eigenvalue weighted by atomic mass is 35.5.